The number of nitrogens with zero attached hydrogens (tertiary/aromatic N) is 1. The van der Waals surface area contributed by atoms with Gasteiger partial charge in [0.05, 0.1) is 25.3 Å². The van der Waals surface area contributed by atoms with Crippen molar-refractivity contribution in [2.24, 2.45) is 0 Å². The number of rotatable bonds is 8. The Bertz CT molecular complexity index is 1520. The summed E-state index contributed by atoms with van der Waals surface area (Å²) < 4.78 is 11.7. The highest BCUT2D eigenvalue weighted by molar-refractivity contribution is 9.10. The van der Waals surface area contributed by atoms with Gasteiger partial charge in [-0.05, 0) is 79.1 Å². The fourth-order valence-electron chi connectivity index (χ4n) is 4.87. The minimum atomic E-state index is -0.727. The number of nitrogens with one attached hydrogen (secondary N) is 1. The molecular weight excluding hydrogens is 548 g/mol. The normalized spacial score (nSPS) is 16.8. The van der Waals surface area contributed by atoms with Crippen LogP contribution < -0.4 is 9.47 Å². The Kier molecular flexibility index (Phi) is 7.24. The van der Waals surface area contributed by atoms with Gasteiger partial charge in [-0.1, -0.05) is 28.1 Å². The zero-order valence-corrected chi connectivity index (χ0v) is 22.6. The van der Waals surface area contributed by atoms with Gasteiger partial charge in [0.25, 0.3) is 11.7 Å². The maximum atomic E-state index is 13.3. The lowest BCUT2D eigenvalue weighted by molar-refractivity contribution is -0.139. The van der Waals surface area contributed by atoms with Crippen molar-refractivity contribution >= 4 is 44.3 Å². The number of aliphatic hydroxyl groups is 1. The Labute approximate surface area is 228 Å². The van der Waals surface area contributed by atoms with E-state index in [0.29, 0.717) is 24.3 Å². The third kappa shape index (κ3) is 4.79. The largest absolute Gasteiger partial charge is 0.507 e. The number of methoxy groups -OCH3 is 1. The van der Waals surface area contributed by atoms with Crippen molar-refractivity contribution in [1.82, 2.24) is 9.88 Å². The molecule has 0 saturated carbocycles. The molecule has 0 aliphatic carbocycles. The molecule has 7 nitrogen and oxygen atoms in total. The Morgan fingerprint density at radius 1 is 1.03 bits per heavy atom. The lowest BCUT2D eigenvalue weighted by Crippen LogP contribution is -2.31. The zero-order chi connectivity index (χ0) is 26.8. The van der Waals surface area contributed by atoms with Crippen LogP contribution in [0.15, 0.2) is 83.0 Å². The van der Waals surface area contributed by atoms with Crippen LogP contribution in [0.2, 0.25) is 0 Å². The van der Waals surface area contributed by atoms with E-state index in [-0.39, 0.29) is 17.9 Å². The van der Waals surface area contributed by atoms with Crippen LogP contribution in [0.4, 0.5) is 0 Å². The fraction of sp³-hybridized carbons (Fsp3) is 0.200. The first-order valence-corrected chi connectivity index (χ1v) is 13.1. The number of amides is 1. The number of Topliss-reactive ketones (excluding diaryl/α,β-unsaturated/α-hetero) is 1. The molecule has 1 atom stereocenters. The molecule has 1 aliphatic heterocycles. The second kappa shape index (κ2) is 10.8. The van der Waals surface area contributed by atoms with E-state index < -0.39 is 17.7 Å². The number of aromatic amines is 1. The van der Waals surface area contributed by atoms with Crippen LogP contribution in [0, 0.1) is 0 Å². The molecule has 1 aliphatic rings. The summed E-state index contributed by atoms with van der Waals surface area (Å²) in [5, 5.41) is 12.3. The molecule has 0 unspecified atom stereocenters. The molecule has 0 spiro atoms. The molecule has 1 fully saturated rings. The third-order valence-corrected chi connectivity index (χ3v) is 7.29. The highest BCUT2D eigenvalue weighted by atomic mass is 79.9. The number of halogens is 1. The summed E-state index contributed by atoms with van der Waals surface area (Å²) in [5.74, 6) is -0.153. The molecule has 38 heavy (non-hydrogen) atoms. The van der Waals surface area contributed by atoms with E-state index in [1.165, 1.54) is 0 Å². The summed E-state index contributed by atoms with van der Waals surface area (Å²) in [4.78, 5) is 31.5. The molecule has 1 saturated heterocycles. The van der Waals surface area contributed by atoms with Crippen molar-refractivity contribution in [1.29, 1.82) is 0 Å². The Morgan fingerprint density at radius 3 is 2.42 bits per heavy atom. The molecule has 3 aromatic carbocycles. The van der Waals surface area contributed by atoms with Crippen LogP contribution in [-0.4, -0.2) is 46.9 Å². The van der Waals surface area contributed by atoms with Gasteiger partial charge in [0.2, 0.25) is 0 Å². The molecular formula is C30H27BrN2O5. The highest BCUT2D eigenvalue weighted by Gasteiger charge is 2.45. The average molecular weight is 575 g/mol. The number of H-pyrrole nitrogens is 1. The topological polar surface area (TPSA) is 91.9 Å². The molecule has 2 heterocycles. The number of carbonyl (C=O) groups is 2. The first kappa shape index (κ1) is 25.6. The number of likely N-dealkylation sites (tertiary alicyclic amines) is 1. The van der Waals surface area contributed by atoms with Gasteiger partial charge in [-0.15, -0.1) is 0 Å². The van der Waals surface area contributed by atoms with Gasteiger partial charge in [0.1, 0.15) is 17.3 Å². The van der Waals surface area contributed by atoms with E-state index in [9.17, 15) is 14.7 Å². The van der Waals surface area contributed by atoms with Crippen LogP contribution in [0.25, 0.3) is 16.7 Å². The van der Waals surface area contributed by atoms with Crippen LogP contribution in [0.1, 0.15) is 29.7 Å². The van der Waals surface area contributed by atoms with Crippen molar-refractivity contribution in [2.45, 2.75) is 19.4 Å². The van der Waals surface area contributed by atoms with E-state index in [1.807, 2.05) is 55.6 Å². The molecule has 0 radical (unpaired) electrons. The molecule has 1 aromatic heterocycles. The number of ether oxygens (including phenoxy) is 2. The Hall–Kier alpha value is -4.04. The summed E-state index contributed by atoms with van der Waals surface area (Å²) in [7, 11) is 1.62. The first-order chi connectivity index (χ1) is 18.4. The van der Waals surface area contributed by atoms with Gasteiger partial charge in [-0.2, -0.15) is 0 Å². The number of fused-ring (bicyclic) bond motifs is 1. The van der Waals surface area contributed by atoms with Crippen LogP contribution in [0.3, 0.4) is 0 Å². The van der Waals surface area contributed by atoms with Gasteiger partial charge >= 0.3 is 0 Å². The van der Waals surface area contributed by atoms with Gasteiger partial charge in [-0.25, -0.2) is 0 Å². The van der Waals surface area contributed by atoms with Crippen molar-refractivity contribution < 1.29 is 24.2 Å². The SMILES string of the molecule is CCOc1ccc(C(O)=C2C(=O)C(=O)N(CCc3c[nH]c4ccc(OC)cc34)[C@H]2c2ccc(Br)cc2)cc1. The molecule has 194 valence electrons. The summed E-state index contributed by atoms with van der Waals surface area (Å²) >= 11 is 3.45. The number of carbonyl (C=O) groups excluding carboxylic acids is 2. The summed E-state index contributed by atoms with van der Waals surface area (Å²) in [6, 6.07) is 19.3. The number of aliphatic hydroxyl groups excluding tert-OH is 1. The second-order valence-corrected chi connectivity index (χ2v) is 9.89. The predicted octanol–water partition coefficient (Wildman–Crippen LogP) is 6.00. The number of hydrogen-bond donors (Lipinski definition) is 2. The lowest BCUT2D eigenvalue weighted by Gasteiger charge is -2.25. The van der Waals surface area contributed by atoms with E-state index >= 15 is 0 Å². The van der Waals surface area contributed by atoms with E-state index in [2.05, 4.69) is 20.9 Å². The molecule has 1 amide bonds. The van der Waals surface area contributed by atoms with Crippen molar-refractivity contribution in [3.8, 4) is 11.5 Å². The van der Waals surface area contributed by atoms with Gasteiger partial charge in [0, 0.05) is 33.7 Å². The van der Waals surface area contributed by atoms with E-state index in [0.717, 1.165) is 32.3 Å². The Balaban J connectivity index is 1.53. The van der Waals surface area contributed by atoms with E-state index in [4.69, 9.17) is 9.47 Å². The van der Waals surface area contributed by atoms with Gasteiger partial charge in [0.15, 0.2) is 0 Å². The molecule has 4 aromatic rings. The maximum absolute atomic E-state index is 13.3. The fourth-order valence-corrected chi connectivity index (χ4v) is 5.13. The number of ketones is 1. The minimum Gasteiger partial charge on any atom is -0.507 e. The van der Waals surface area contributed by atoms with Crippen molar-refractivity contribution in [3.63, 3.8) is 0 Å². The minimum absolute atomic E-state index is 0.0714. The van der Waals surface area contributed by atoms with Crippen LogP contribution >= 0.6 is 15.9 Å². The standard InChI is InChI=1S/C30H27BrN2O5/c1-3-38-22-10-6-19(7-11-22)28(34)26-27(18-4-8-21(31)9-5-18)33(30(36)29(26)35)15-14-20-17-32-25-13-12-23(37-2)16-24(20)25/h4-13,16-17,27,32,34H,3,14-15H2,1-2H3/t27-/m0/s1. The van der Waals surface area contributed by atoms with Gasteiger partial charge in [-0.3, -0.25) is 9.59 Å². The Morgan fingerprint density at radius 2 is 1.74 bits per heavy atom. The van der Waals surface area contributed by atoms with Crippen LogP contribution in [0.5, 0.6) is 11.5 Å². The van der Waals surface area contributed by atoms with Crippen molar-refractivity contribution in [2.75, 3.05) is 20.3 Å². The monoisotopic (exact) mass is 574 g/mol. The van der Waals surface area contributed by atoms with E-state index in [1.54, 1.807) is 36.3 Å². The maximum Gasteiger partial charge on any atom is 0.295 e. The lowest BCUT2D eigenvalue weighted by atomic mass is 9.95. The van der Waals surface area contributed by atoms with Crippen LogP contribution in [-0.2, 0) is 16.0 Å². The zero-order valence-electron chi connectivity index (χ0n) is 21.0. The number of aromatic nitrogens is 1. The first-order valence-electron chi connectivity index (χ1n) is 12.3. The van der Waals surface area contributed by atoms with Crippen molar-refractivity contribution in [3.05, 3.63) is 99.7 Å². The average Bonchev–Trinajstić information content (AvgIpc) is 3.45. The quantitative estimate of drug-likeness (QED) is 0.153. The molecule has 2 N–H and O–H groups in total. The van der Waals surface area contributed by atoms with Gasteiger partial charge < -0.3 is 24.5 Å². The number of benzene rings is 3. The smallest absolute Gasteiger partial charge is 0.295 e. The second-order valence-electron chi connectivity index (χ2n) is 8.98. The molecule has 0 bridgehead atoms. The summed E-state index contributed by atoms with van der Waals surface area (Å²) in [6.45, 7) is 2.69. The molecule has 8 heteroatoms. The molecule has 5 rings (SSSR count). The summed E-state index contributed by atoms with van der Waals surface area (Å²) in [6.07, 6.45) is 2.42. The summed E-state index contributed by atoms with van der Waals surface area (Å²) in [5.41, 5.74) is 3.21. The number of hydrogen-bond acceptors (Lipinski definition) is 5. The third-order valence-electron chi connectivity index (χ3n) is 6.76. The predicted molar refractivity (Wildman–Crippen MR) is 149 cm³/mol. The highest BCUT2D eigenvalue weighted by Crippen LogP contribution is 2.40.